The molecule has 1 fully saturated rings. The lowest BCUT2D eigenvalue weighted by Gasteiger charge is -2.18. The lowest BCUT2D eigenvalue weighted by atomic mass is 9.97. The Balaban J connectivity index is 1.76. The molecule has 102 valence electrons. The maximum atomic E-state index is 5.98. The maximum absolute atomic E-state index is 5.98. The average molecular weight is 260 g/mol. The van der Waals surface area contributed by atoms with Gasteiger partial charge in [0.1, 0.15) is 6.33 Å². The number of aryl methyl sites for hydroxylation is 1. The van der Waals surface area contributed by atoms with Gasteiger partial charge in [-0.05, 0) is 49.8 Å². The molecule has 0 aliphatic heterocycles. The van der Waals surface area contributed by atoms with Gasteiger partial charge in [0.25, 0.3) is 0 Å². The summed E-state index contributed by atoms with van der Waals surface area (Å²) in [5, 5.41) is 4.20. The summed E-state index contributed by atoms with van der Waals surface area (Å²) in [5.41, 5.74) is 7.77. The summed E-state index contributed by atoms with van der Waals surface area (Å²) in [5.74, 6) is 1.95. The van der Waals surface area contributed by atoms with Gasteiger partial charge in [0.05, 0.1) is 6.61 Å². The van der Waals surface area contributed by atoms with Crippen LogP contribution in [0.1, 0.15) is 24.8 Å². The molecule has 0 radical (unpaired) electrons. The number of pyridine rings is 1. The summed E-state index contributed by atoms with van der Waals surface area (Å²) in [4.78, 5) is 4.20. The normalized spacial score (nSPS) is 23.1. The molecule has 0 bridgehead atoms. The number of aromatic nitrogens is 3. The third kappa shape index (κ3) is 2.42. The summed E-state index contributed by atoms with van der Waals surface area (Å²) in [7, 11) is 0. The quantitative estimate of drug-likeness (QED) is 0.910. The van der Waals surface area contributed by atoms with E-state index in [0.29, 0.717) is 11.8 Å². The van der Waals surface area contributed by atoms with Crippen LogP contribution >= 0.6 is 0 Å². The predicted molar refractivity (Wildman–Crippen MR) is 73.1 cm³/mol. The highest BCUT2D eigenvalue weighted by molar-refractivity contribution is 5.43. The number of nitrogens with two attached hydrogens (primary N) is 1. The zero-order valence-corrected chi connectivity index (χ0v) is 11.2. The van der Waals surface area contributed by atoms with E-state index in [0.717, 1.165) is 30.2 Å². The molecule has 1 aliphatic rings. The molecule has 5 nitrogen and oxygen atoms in total. The van der Waals surface area contributed by atoms with Crippen molar-refractivity contribution < 1.29 is 4.74 Å². The molecule has 2 N–H and O–H groups in total. The van der Waals surface area contributed by atoms with Gasteiger partial charge in [0.15, 0.2) is 5.65 Å². The van der Waals surface area contributed by atoms with Crippen molar-refractivity contribution in [3.8, 4) is 5.88 Å². The fourth-order valence-electron chi connectivity index (χ4n) is 2.96. The lowest BCUT2D eigenvalue weighted by Crippen LogP contribution is -2.23. The fourth-order valence-corrected chi connectivity index (χ4v) is 2.96. The predicted octanol–water partition coefficient (Wildman–Crippen LogP) is 1.79. The molecule has 1 aliphatic carbocycles. The fraction of sp³-hybridized carbons (Fsp3) is 0.571. The van der Waals surface area contributed by atoms with Crippen LogP contribution in [-0.4, -0.2) is 27.7 Å². The summed E-state index contributed by atoms with van der Waals surface area (Å²) < 4.78 is 7.73. The zero-order valence-electron chi connectivity index (χ0n) is 11.2. The first-order valence-corrected chi connectivity index (χ1v) is 6.91. The third-order valence-electron chi connectivity index (χ3n) is 4.06. The van der Waals surface area contributed by atoms with Gasteiger partial charge in [-0.15, -0.1) is 0 Å². The van der Waals surface area contributed by atoms with Crippen LogP contribution in [0.15, 0.2) is 18.5 Å². The van der Waals surface area contributed by atoms with E-state index < -0.39 is 0 Å². The number of hydrogen-bond donors (Lipinski definition) is 1. The molecule has 3 rings (SSSR count). The van der Waals surface area contributed by atoms with Crippen LogP contribution in [0.3, 0.4) is 0 Å². The minimum atomic E-state index is 0.573. The molecule has 5 heteroatoms. The Bertz CT molecular complexity index is 566. The summed E-state index contributed by atoms with van der Waals surface area (Å²) in [6.45, 7) is 3.53. The lowest BCUT2D eigenvalue weighted by molar-refractivity contribution is 0.206. The molecule has 2 unspecified atom stereocenters. The van der Waals surface area contributed by atoms with Crippen LogP contribution in [-0.2, 0) is 0 Å². The maximum Gasteiger partial charge on any atom is 0.216 e. The number of ether oxygens (including phenoxy) is 1. The second-order valence-electron chi connectivity index (χ2n) is 5.40. The van der Waals surface area contributed by atoms with Crippen molar-refractivity contribution in [3.05, 3.63) is 24.0 Å². The zero-order chi connectivity index (χ0) is 13.2. The summed E-state index contributed by atoms with van der Waals surface area (Å²) in [6.07, 6.45) is 5.27. The van der Waals surface area contributed by atoms with Crippen molar-refractivity contribution in [2.24, 2.45) is 17.6 Å². The van der Waals surface area contributed by atoms with E-state index in [1.165, 1.54) is 19.3 Å². The topological polar surface area (TPSA) is 65.4 Å². The SMILES string of the molecule is Cc1cc(OCC2CCCC2CN)n2ncnc2c1. The second kappa shape index (κ2) is 5.17. The highest BCUT2D eigenvalue weighted by Gasteiger charge is 2.26. The summed E-state index contributed by atoms with van der Waals surface area (Å²) in [6, 6.07) is 4.01. The number of rotatable bonds is 4. The van der Waals surface area contributed by atoms with Gasteiger partial charge in [-0.2, -0.15) is 9.61 Å². The van der Waals surface area contributed by atoms with Crippen molar-refractivity contribution in [1.29, 1.82) is 0 Å². The molecule has 2 aromatic rings. The molecule has 2 aromatic heterocycles. The highest BCUT2D eigenvalue weighted by Crippen LogP contribution is 2.31. The number of nitrogens with zero attached hydrogens (tertiary/aromatic N) is 3. The van der Waals surface area contributed by atoms with E-state index in [4.69, 9.17) is 10.5 Å². The molecule has 19 heavy (non-hydrogen) atoms. The first-order chi connectivity index (χ1) is 9.28. The van der Waals surface area contributed by atoms with Gasteiger partial charge < -0.3 is 10.5 Å². The Hall–Kier alpha value is -1.62. The van der Waals surface area contributed by atoms with E-state index in [1.807, 2.05) is 19.1 Å². The van der Waals surface area contributed by atoms with E-state index in [-0.39, 0.29) is 0 Å². The van der Waals surface area contributed by atoms with Crippen LogP contribution in [0.25, 0.3) is 5.65 Å². The van der Waals surface area contributed by atoms with E-state index in [1.54, 1.807) is 10.8 Å². The Labute approximate surface area is 112 Å². The van der Waals surface area contributed by atoms with Crippen LogP contribution in [0.4, 0.5) is 0 Å². The first-order valence-electron chi connectivity index (χ1n) is 6.91. The van der Waals surface area contributed by atoms with Crippen molar-refractivity contribution in [3.63, 3.8) is 0 Å². The monoisotopic (exact) mass is 260 g/mol. The molecule has 0 aromatic carbocycles. The van der Waals surface area contributed by atoms with Gasteiger partial charge in [0.2, 0.25) is 5.88 Å². The molecule has 0 saturated heterocycles. The average Bonchev–Trinajstić information content (AvgIpc) is 3.03. The van der Waals surface area contributed by atoms with Crippen molar-refractivity contribution in [2.45, 2.75) is 26.2 Å². The Morgan fingerprint density at radius 3 is 3.05 bits per heavy atom. The minimum Gasteiger partial charge on any atom is -0.477 e. The smallest absolute Gasteiger partial charge is 0.216 e. The number of hydrogen-bond acceptors (Lipinski definition) is 4. The van der Waals surface area contributed by atoms with E-state index in [2.05, 4.69) is 10.1 Å². The molecular weight excluding hydrogens is 240 g/mol. The Morgan fingerprint density at radius 1 is 1.37 bits per heavy atom. The first kappa shape index (κ1) is 12.4. The molecule has 0 spiro atoms. The standard InChI is InChI=1S/C14H20N4O/c1-10-5-13-16-9-17-18(13)14(6-10)19-8-12-4-2-3-11(12)7-15/h5-6,9,11-12H,2-4,7-8,15H2,1H3. The number of fused-ring (bicyclic) bond motifs is 1. The van der Waals surface area contributed by atoms with Gasteiger partial charge in [-0.3, -0.25) is 0 Å². The van der Waals surface area contributed by atoms with Crippen molar-refractivity contribution in [2.75, 3.05) is 13.2 Å². The molecule has 0 amide bonds. The van der Waals surface area contributed by atoms with Crippen LogP contribution in [0.5, 0.6) is 5.88 Å². The van der Waals surface area contributed by atoms with Gasteiger partial charge >= 0.3 is 0 Å². The van der Waals surface area contributed by atoms with Gasteiger partial charge in [-0.1, -0.05) is 6.42 Å². The Morgan fingerprint density at radius 2 is 2.21 bits per heavy atom. The highest BCUT2D eigenvalue weighted by atomic mass is 16.5. The van der Waals surface area contributed by atoms with Crippen molar-refractivity contribution >= 4 is 5.65 Å². The molecule has 2 heterocycles. The second-order valence-corrected chi connectivity index (χ2v) is 5.40. The van der Waals surface area contributed by atoms with Crippen LogP contribution < -0.4 is 10.5 Å². The van der Waals surface area contributed by atoms with Crippen molar-refractivity contribution in [1.82, 2.24) is 14.6 Å². The Kier molecular flexibility index (Phi) is 3.38. The van der Waals surface area contributed by atoms with Crippen LogP contribution in [0.2, 0.25) is 0 Å². The largest absolute Gasteiger partial charge is 0.477 e. The third-order valence-corrected chi connectivity index (χ3v) is 4.06. The minimum absolute atomic E-state index is 0.573. The van der Waals surface area contributed by atoms with E-state index in [9.17, 15) is 0 Å². The molecular formula is C14H20N4O. The molecule has 2 atom stereocenters. The van der Waals surface area contributed by atoms with Gasteiger partial charge in [-0.25, -0.2) is 4.98 Å². The van der Waals surface area contributed by atoms with Gasteiger partial charge in [0, 0.05) is 6.07 Å². The summed E-state index contributed by atoms with van der Waals surface area (Å²) >= 11 is 0. The molecule has 1 saturated carbocycles. The van der Waals surface area contributed by atoms with Crippen LogP contribution in [0, 0.1) is 18.8 Å². The van der Waals surface area contributed by atoms with E-state index >= 15 is 0 Å².